The molecule has 1 amide bonds. The molecule has 0 atom stereocenters. The summed E-state index contributed by atoms with van der Waals surface area (Å²) in [5.41, 5.74) is 0.419. The van der Waals surface area contributed by atoms with Gasteiger partial charge in [-0.15, -0.1) is 0 Å². The summed E-state index contributed by atoms with van der Waals surface area (Å²) in [6.07, 6.45) is 0. The van der Waals surface area contributed by atoms with E-state index in [4.69, 9.17) is 4.74 Å². The Hall–Kier alpha value is -0.870. The van der Waals surface area contributed by atoms with Crippen LogP contribution in [0.1, 0.15) is 20.8 Å². The number of hydrogen-bond acceptors (Lipinski definition) is 3. The zero-order valence-electron chi connectivity index (χ0n) is 10.5. The molecule has 16 heavy (non-hydrogen) atoms. The van der Waals surface area contributed by atoms with Gasteiger partial charge in [-0.1, -0.05) is 6.58 Å². The van der Waals surface area contributed by atoms with E-state index in [1.54, 1.807) is 0 Å². The van der Waals surface area contributed by atoms with Crippen LogP contribution in [0.3, 0.4) is 0 Å². The molecule has 0 aromatic rings. The molecule has 1 rings (SSSR count). The second-order valence-corrected chi connectivity index (χ2v) is 5.20. The quantitative estimate of drug-likeness (QED) is 0.723. The molecule has 0 radical (unpaired) electrons. The highest BCUT2D eigenvalue weighted by molar-refractivity contribution is 5.93. The van der Waals surface area contributed by atoms with Crippen LogP contribution in [0.25, 0.3) is 0 Å². The van der Waals surface area contributed by atoms with E-state index in [0.29, 0.717) is 12.1 Å². The Kier molecular flexibility index (Phi) is 4.50. The molecule has 0 aliphatic carbocycles. The molecule has 92 valence electrons. The molecule has 0 spiro atoms. The molecular formula is C12H22N2O2. The minimum atomic E-state index is -0.203. The summed E-state index contributed by atoms with van der Waals surface area (Å²) in [7, 11) is 0. The summed E-state index contributed by atoms with van der Waals surface area (Å²) in [4.78, 5) is 14.0. The van der Waals surface area contributed by atoms with Crippen molar-refractivity contribution in [2.24, 2.45) is 0 Å². The van der Waals surface area contributed by atoms with E-state index in [-0.39, 0.29) is 11.4 Å². The van der Waals surface area contributed by atoms with Crippen LogP contribution in [-0.4, -0.2) is 49.2 Å². The Morgan fingerprint density at radius 3 is 2.44 bits per heavy atom. The van der Waals surface area contributed by atoms with E-state index in [1.165, 1.54) is 0 Å². The molecule has 1 fully saturated rings. The number of nitrogens with one attached hydrogen (secondary N) is 1. The molecule has 1 aliphatic heterocycles. The zero-order valence-corrected chi connectivity index (χ0v) is 10.5. The van der Waals surface area contributed by atoms with Gasteiger partial charge in [0.25, 0.3) is 0 Å². The smallest absolute Gasteiger partial charge is 0.248 e. The van der Waals surface area contributed by atoms with Gasteiger partial charge in [0.15, 0.2) is 0 Å². The van der Waals surface area contributed by atoms with Gasteiger partial charge >= 0.3 is 0 Å². The SMILES string of the molecule is C=C(CN1CCOCC1)C(=O)NC(C)(C)C. The van der Waals surface area contributed by atoms with E-state index in [0.717, 1.165) is 26.3 Å². The molecule has 0 unspecified atom stereocenters. The van der Waals surface area contributed by atoms with Gasteiger partial charge in [-0.25, -0.2) is 0 Å². The monoisotopic (exact) mass is 226 g/mol. The van der Waals surface area contributed by atoms with Crippen molar-refractivity contribution in [3.8, 4) is 0 Å². The van der Waals surface area contributed by atoms with Gasteiger partial charge < -0.3 is 10.1 Å². The summed E-state index contributed by atoms with van der Waals surface area (Å²) < 4.78 is 5.25. The lowest BCUT2D eigenvalue weighted by molar-refractivity contribution is -0.119. The molecule has 4 heteroatoms. The lowest BCUT2D eigenvalue weighted by atomic mass is 10.1. The number of ether oxygens (including phenoxy) is 1. The van der Waals surface area contributed by atoms with Crippen LogP contribution in [0.15, 0.2) is 12.2 Å². The van der Waals surface area contributed by atoms with Crippen LogP contribution in [0.5, 0.6) is 0 Å². The van der Waals surface area contributed by atoms with Crippen LogP contribution < -0.4 is 5.32 Å². The highest BCUT2D eigenvalue weighted by Gasteiger charge is 2.18. The molecule has 1 heterocycles. The predicted octanol–water partition coefficient (Wildman–Crippen LogP) is 0.789. The predicted molar refractivity (Wildman–Crippen MR) is 64.3 cm³/mol. The molecule has 0 saturated carbocycles. The minimum Gasteiger partial charge on any atom is -0.379 e. The summed E-state index contributed by atoms with van der Waals surface area (Å²) in [6, 6.07) is 0. The Labute approximate surface area is 97.6 Å². The van der Waals surface area contributed by atoms with Gasteiger partial charge in [-0.05, 0) is 20.8 Å². The third kappa shape index (κ3) is 4.77. The Morgan fingerprint density at radius 1 is 1.38 bits per heavy atom. The normalized spacial score (nSPS) is 18.2. The van der Waals surface area contributed by atoms with Crippen molar-refractivity contribution < 1.29 is 9.53 Å². The van der Waals surface area contributed by atoms with E-state index < -0.39 is 0 Å². The largest absolute Gasteiger partial charge is 0.379 e. The minimum absolute atomic E-state index is 0.0565. The standard InChI is InChI=1S/C12H22N2O2/c1-10(11(15)13-12(2,3)4)9-14-5-7-16-8-6-14/h1,5-9H2,2-4H3,(H,13,15). The first kappa shape index (κ1) is 13.2. The summed E-state index contributed by atoms with van der Waals surface area (Å²) in [5, 5.41) is 2.91. The van der Waals surface area contributed by atoms with Crippen molar-refractivity contribution in [1.29, 1.82) is 0 Å². The highest BCUT2D eigenvalue weighted by atomic mass is 16.5. The maximum absolute atomic E-state index is 11.8. The Morgan fingerprint density at radius 2 is 1.94 bits per heavy atom. The topological polar surface area (TPSA) is 41.6 Å². The molecule has 0 aromatic carbocycles. The fourth-order valence-corrected chi connectivity index (χ4v) is 1.53. The average molecular weight is 226 g/mol. The van der Waals surface area contributed by atoms with Crippen molar-refractivity contribution in [3.63, 3.8) is 0 Å². The number of carbonyl (C=O) groups excluding carboxylic acids is 1. The maximum atomic E-state index is 11.8. The van der Waals surface area contributed by atoms with E-state index in [1.807, 2.05) is 20.8 Å². The number of hydrogen-bond donors (Lipinski definition) is 1. The first-order valence-electron chi connectivity index (χ1n) is 5.69. The second kappa shape index (κ2) is 5.46. The number of carbonyl (C=O) groups is 1. The number of nitrogens with zero attached hydrogens (tertiary/aromatic N) is 1. The number of rotatable bonds is 3. The Balaban J connectivity index is 2.36. The third-order valence-electron chi connectivity index (χ3n) is 2.33. The summed E-state index contributed by atoms with van der Waals surface area (Å²) in [6.45, 7) is 13.6. The van der Waals surface area contributed by atoms with Crippen molar-refractivity contribution in [2.75, 3.05) is 32.8 Å². The summed E-state index contributed by atoms with van der Waals surface area (Å²) in [5.74, 6) is -0.0565. The average Bonchev–Trinajstić information content (AvgIpc) is 2.16. The number of amides is 1. The molecule has 1 saturated heterocycles. The highest BCUT2D eigenvalue weighted by Crippen LogP contribution is 2.05. The van der Waals surface area contributed by atoms with Crippen molar-refractivity contribution in [1.82, 2.24) is 10.2 Å². The van der Waals surface area contributed by atoms with Crippen molar-refractivity contribution in [2.45, 2.75) is 26.3 Å². The van der Waals surface area contributed by atoms with Gasteiger partial charge in [0.2, 0.25) is 5.91 Å². The zero-order chi connectivity index (χ0) is 12.2. The lowest BCUT2D eigenvalue weighted by Gasteiger charge is -2.28. The number of morpholine rings is 1. The van der Waals surface area contributed by atoms with Gasteiger partial charge in [0, 0.05) is 30.7 Å². The molecule has 1 N–H and O–H groups in total. The summed E-state index contributed by atoms with van der Waals surface area (Å²) >= 11 is 0. The fraction of sp³-hybridized carbons (Fsp3) is 0.750. The van der Waals surface area contributed by atoms with Crippen LogP contribution in [0.2, 0.25) is 0 Å². The van der Waals surface area contributed by atoms with Crippen LogP contribution in [0, 0.1) is 0 Å². The second-order valence-electron chi connectivity index (χ2n) is 5.20. The molecule has 0 aromatic heterocycles. The van der Waals surface area contributed by atoms with Crippen LogP contribution in [0.4, 0.5) is 0 Å². The molecule has 0 bridgehead atoms. The lowest BCUT2D eigenvalue weighted by Crippen LogP contribution is -2.44. The maximum Gasteiger partial charge on any atom is 0.248 e. The van der Waals surface area contributed by atoms with E-state index in [9.17, 15) is 4.79 Å². The van der Waals surface area contributed by atoms with Gasteiger partial charge in [0.05, 0.1) is 13.2 Å². The molecule has 1 aliphatic rings. The van der Waals surface area contributed by atoms with Gasteiger partial charge in [-0.2, -0.15) is 0 Å². The van der Waals surface area contributed by atoms with Gasteiger partial charge in [-0.3, -0.25) is 9.69 Å². The van der Waals surface area contributed by atoms with Crippen molar-refractivity contribution in [3.05, 3.63) is 12.2 Å². The Bertz CT molecular complexity index is 263. The fourth-order valence-electron chi connectivity index (χ4n) is 1.53. The first-order valence-corrected chi connectivity index (χ1v) is 5.69. The first-order chi connectivity index (χ1) is 7.38. The van der Waals surface area contributed by atoms with E-state index in [2.05, 4.69) is 16.8 Å². The van der Waals surface area contributed by atoms with E-state index >= 15 is 0 Å². The molecule has 4 nitrogen and oxygen atoms in total. The van der Waals surface area contributed by atoms with Crippen molar-refractivity contribution >= 4 is 5.91 Å². The molecular weight excluding hydrogens is 204 g/mol. The van der Waals surface area contributed by atoms with Crippen LogP contribution in [-0.2, 0) is 9.53 Å². The third-order valence-corrected chi connectivity index (χ3v) is 2.33. The van der Waals surface area contributed by atoms with Crippen LogP contribution >= 0.6 is 0 Å². The van der Waals surface area contributed by atoms with Gasteiger partial charge in [0.1, 0.15) is 0 Å².